The summed E-state index contributed by atoms with van der Waals surface area (Å²) in [7, 11) is 0. The minimum atomic E-state index is -0.217. The van der Waals surface area contributed by atoms with E-state index in [-0.39, 0.29) is 5.91 Å². The normalized spacial score (nSPS) is 14.8. The standard InChI is InChI=1S/C18H22ClN5O2/c1-13-12-16(17(25)20-6-7-24-8-10-26-11-9-24)23-18(21-13)22-15-5-3-2-4-14(15)19/h2-5,12H,6-11H2,1H3,(H,20,25)(H,21,22,23). The van der Waals surface area contributed by atoms with Crippen molar-refractivity contribution in [1.82, 2.24) is 20.2 Å². The maximum atomic E-state index is 12.4. The minimum absolute atomic E-state index is 0.217. The summed E-state index contributed by atoms with van der Waals surface area (Å²) in [5.74, 6) is 0.127. The van der Waals surface area contributed by atoms with E-state index in [2.05, 4.69) is 25.5 Å². The highest BCUT2D eigenvalue weighted by molar-refractivity contribution is 6.33. The quantitative estimate of drug-likeness (QED) is 0.806. The zero-order chi connectivity index (χ0) is 18.4. The predicted molar refractivity (Wildman–Crippen MR) is 101 cm³/mol. The number of morpholine rings is 1. The van der Waals surface area contributed by atoms with Gasteiger partial charge in [-0.1, -0.05) is 23.7 Å². The van der Waals surface area contributed by atoms with Crippen LogP contribution in [0.4, 0.5) is 11.6 Å². The van der Waals surface area contributed by atoms with Gasteiger partial charge in [-0.05, 0) is 25.1 Å². The van der Waals surface area contributed by atoms with Crippen LogP contribution in [0.25, 0.3) is 0 Å². The molecule has 1 saturated heterocycles. The Morgan fingerprint density at radius 3 is 2.81 bits per heavy atom. The van der Waals surface area contributed by atoms with Crippen molar-refractivity contribution in [2.45, 2.75) is 6.92 Å². The smallest absolute Gasteiger partial charge is 0.270 e. The number of para-hydroxylation sites is 1. The Balaban J connectivity index is 1.61. The molecular weight excluding hydrogens is 354 g/mol. The van der Waals surface area contributed by atoms with E-state index in [9.17, 15) is 4.79 Å². The Bertz CT molecular complexity index is 765. The van der Waals surface area contributed by atoms with Crippen molar-refractivity contribution < 1.29 is 9.53 Å². The molecule has 7 nitrogen and oxygen atoms in total. The van der Waals surface area contributed by atoms with Gasteiger partial charge in [0.25, 0.3) is 5.91 Å². The summed E-state index contributed by atoms with van der Waals surface area (Å²) < 4.78 is 5.32. The van der Waals surface area contributed by atoms with Crippen LogP contribution in [-0.2, 0) is 4.74 Å². The van der Waals surface area contributed by atoms with Crippen molar-refractivity contribution >= 4 is 29.1 Å². The molecule has 1 aliphatic heterocycles. The summed E-state index contributed by atoms with van der Waals surface area (Å²) in [6.45, 7) is 6.47. The molecule has 2 heterocycles. The van der Waals surface area contributed by atoms with Gasteiger partial charge in [-0.15, -0.1) is 0 Å². The SMILES string of the molecule is Cc1cc(C(=O)NCCN2CCOCC2)nc(Nc2ccccc2Cl)n1. The van der Waals surface area contributed by atoms with Gasteiger partial charge in [-0.25, -0.2) is 9.97 Å². The Morgan fingerprint density at radius 2 is 2.04 bits per heavy atom. The molecule has 0 aliphatic carbocycles. The van der Waals surface area contributed by atoms with E-state index in [1.54, 1.807) is 12.1 Å². The number of carbonyl (C=O) groups excluding carboxylic acids is 1. The Hall–Kier alpha value is -2.22. The molecule has 26 heavy (non-hydrogen) atoms. The van der Waals surface area contributed by atoms with Crippen molar-refractivity contribution in [3.63, 3.8) is 0 Å². The van der Waals surface area contributed by atoms with E-state index >= 15 is 0 Å². The fourth-order valence-corrected chi connectivity index (χ4v) is 2.85. The lowest BCUT2D eigenvalue weighted by atomic mass is 10.3. The lowest BCUT2D eigenvalue weighted by Crippen LogP contribution is -2.41. The summed E-state index contributed by atoms with van der Waals surface area (Å²) in [5.41, 5.74) is 1.72. The third-order valence-electron chi connectivity index (χ3n) is 4.02. The lowest BCUT2D eigenvalue weighted by Gasteiger charge is -2.26. The molecule has 1 aliphatic rings. The highest BCUT2D eigenvalue weighted by Gasteiger charge is 2.13. The van der Waals surface area contributed by atoms with Gasteiger partial charge in [0.2, 0.25) is 5.95 Å². The Morgan fingerprint density at radius 1 is 1.27 bits per heavy atom. The van der Waals surface area contributed by atoms with Crippen LogP contribution in [0.3, 0.4) is 0 Å². The molecule has 3 rings (SSSR count). The van der Waals surface area contributed by atoms with Gasteiger partial charge >= 0.3 is 0 Å². The van der Waals surface area contributed by atoms with Crippen LogP contribution in [0.2, 0.25) is 5.02 Å². The molecule has 8 heteroatoms. The average Bonchev–Trinajstić information content (AvgIpc) is 2.64. The Labute approximate surface area is 157 Å². The Kier molecular flexibility index (Phi) is 6.38. The topological polar surface area (TPSA) is 79.4 Å². The first-order valence-corrected chi connectivity index (χ1v) is 8.95. The molecule has 2 N–H and O–H groups in total. The molecule has 2 aromatic rings. The molecular formula is C18H22ClN5O2. The van der Waals surface area contributed by atoms with E-state index in [0.717, 1.165) is 32.8 Å². The summed E-state index contributed by atoms with van der Waals surface area (Å²) in [6.07, 6.45) is 0. The maximum absolute atomic E-state index is 12.4. The van der Waals surface area contributed by atoms with Crippen LogP contribution in [-0.4, -0.2) is 60.2 Å². The van der Waals surface area contributed by atoms with E-state index in [0.29, 0.717) is 34.6 Å². The maximum Gasteiger partial charge on any atom is 0.270 e. The van der Waals surface area contributed by atoms with Gasteiger partial charge in [-0.3, -0.25) is 9.69 Å². The number of anilines is 2. The van der Waals surface area contributed by atoms with E-state index in [1.807, 2.05) is 25.1 Å². The monoisotopic (exact) mass is 375 g/mol. The van der Waals surface area contributed by atoms with E-state index in [4.69, 9.17) is 16.3 Å². The van der Waals surface area contributed by atoms with E-state index < -0.39 is 0 Å². The zero-order valence-electron chi connectivity index (χ0n) is 14.7. The van der Waals surface area contributed by atoms with Crippen molar-refractivity contribution in [2.75, 3.05) is 44.7 Å². The van der Waals surface area contributed by atoms with Crippen LogP contribution in [0.1, 0.15) is 16.2 Å². The molecule has 138 valence electrons. The van der Waals surface area contributed by atoms with Crippen molar-refractivity contribution in [3.05, 3.63) is 46.7 Å². The number of carbonyl (C=O) groups is 1. The molecule has 1 fully saturated rings. The summed E-state index contributed by atoms with van der Waals surface area (Å²) in [5, 5.41) is 6.53. The zero-order valence-corrected chi connectivity index (χ0v) is 15.4. The van der Waals surface area contributed by atoms with Crippen LogP contribution >= 0.6 is 11.6 Å². The van der Waals surface area contributed by atoms with Gasteiger partial charge in [0, 0.05) is 31.9 Å². The molecule has 1 aromatic carbocycles. The number of nitrogens with one attached hydrogen (secondary N) is 2. The lowest BCUT2D eigenvalue weighted by molar-refractivity contribution is 0.0383. The summed E-state index contributed by atoms with van der Waals surface area (Å²) in [6, 6.07) is 8.98. The van der Waals surface area contributed by atoms with Gasteiger partial charge < -0.3 is 15.4 Å². The van der Waals surface area contributed by atoms with Gasteiger partial charge in [0.1, 0.15) is 5.69 Å². The number of ether oxygens (including phenoxy) is 1. The van der Waals surface area contributed by atoms with Gasteiger partial charge in [0.15, 0.2) is 0 Å². The second kappa shape index (κ2) is 8.93. The number of benzene rings is 1. The molecule has 0 bridgehead atoms. The molecule has 0 saturated carbocycles. The molecule has 0 radical (unpaired) electrons. The van der Waals surface area contributed by atoms with E-state index in [1.165, 1.54) is 0 Å². The summed E-state index contributed by atoms with van der Waals surface area (Å²) in [4.78, 5) is 23.3. The number of aryl methyl sites for hydroxylation is 1. The first-order chi connectivity index (χ1) is 12.6. The number of halogens is 1. The highest BCUT2D eigenvalue weighted by atomic mass is 35.5. The first-order valence-electron chi connectivity index (χ1n) is 8.57. The van der Waals surface area contributed by atoms with Gasteiger partial charge in [0.05, 0.1) is 23.9 Å². The van der Waals surface area contributed by atoms with Crippen LogP contribution in [0, 0.1) is 6.92 Å². The number of hydrogen-bond donors (Lipinski definition) is 2. The van der Waals surface area contributed by atoms with Crippen molar-refractivity contribution in [2.24, 2.45) is 0 Å². The first kappa shape index (κ1) is 18.6. The average molecular weight is 376 g/mol. The van der Waals surface area contributed by atoms with Crippen LogP contribution in [0.5, 0.6) is 0 Å². The number of hydrogen-bond acceptors (Lipinski definition) is 6. The number of rotatable bonds is 6. The van der Waals surface area contributed by atoms with Crippen LogP contribution < -0.4 is 10.6 Å². The molecule has 0 unspecified atom stereocenters. The molecule has 1 amide bonds. The number of aromatic nitrogens is 2. The second-order valence-electron chi connectivity index (χ2n) is 6.03. The highest BCUT2D eigenvalue weighted by Crippen LogP contribution is 2.23. The largest absolute Gasteiger partial charge is 0.379 e. The fourth-order valence-electron chi connectivity index (χ4n) is 2.67. The fraction of sp³-hybridized carbons (Fsp3) is 0.389. The third kappa shape index (κ3) is 5.14. The molecule has 0 spiro atoms. The predicted octanol–water partition coefficient (Wildman–Crippen LogP) is 2.24. The van der Waals surface area contributed by atoms with Crippen LogP contribution in [0.15, 0.2) is 30.3 Å². The third-order valence-corrected chi connectivity index (χ3v) is 4.35. The van der Waals surface area contributed by atoms with Crippen molar-refractivity contribution in [1.29, 1.82) is 0 Å². The second-order valence-corrected chi connectivity index (χ2v) is 6.44. The number of nitrogens with zero attached hydrogens (tertiary/aromatic N) is 3. The molecule has 0 atom stereocenters. The van der Waals surface area contributed by atoms with Gasteiger partial charge in [-0.2, -0.15) is 0 Å². The molecule has 1 aromatic heterocycles. The minimum Gasteiger partial charge on any atom is -0.379 e. The van der Waals surface area contributed by atoms with Crippen molar-refractivity contribution in [3.8, 4) is 0 Å². The summed E-state index contributed by atoms with van der Waals surface area (Å²) >= 11 is 6.15. The number of amides is 1.